The Morgan fingerprint density at radius 2 is 2.00 bits per heavy atom. The van der Waals surface area contributed by atoms with Crippen molar-refractivity contribution in [1.29, 1.82) is 5.26 Å². The van der Waals surface area contributed by atoms with Crippen LogP contribution in [0.1, 0.15) is 62.0 Å². The fourth-order valence-corrected chi connectivity index (χ4v) is 5.67. The highest BCUT2D eigenvalue weighted by atomic mass is 35.5. The van der Waals surface area contributed by atoms with Crippen molar-refractivity contribution in [3.8, 4) is 17.2 Å². The van der Waals surface area contributed by atoms with E-state index in [2.05, 4.69) is 63.0 Å². The van der Waals surface area contributed by atoms with Crippen LogP contribution in [0.3, 0.4) is 0 Å². The summed E-state index contributed by atoms with van der Waals surface area (Å²) in [7, 11) is 0. The van der Waals surface area contributed by atoms with Crippen LogP contribution >= 0.6 is 11.6 Å². The molecule has 1 fully saturated rings. The number of fused-ring (bicyclic) bond motifs is 1. The molecule has 3 N–H and O–H groups in total. The third-order valence-corrected chi connectivity index (χ3v) is 8.30. The molecule has 6 rings (SSSR count). The molecule has 5 aromatic rings. The lowest BCUT2D eigenvalue weighted by Gasteiger charge is -2.24. The quantitative estimate of drug-likeness (QED) is 0.157. The largest absolute Gasteiger partial charge is 0.383 e. The number of pyridine rings is 1. The zero-order valence-electron chi connectivity index (χ0n) is 24.8. The number of aromatic nitrogens is 6. The molecular formula is C32H32ClF2N9. The van der Waals surface area contributed by atoms with E-state index in [1.54, 1.807) is 30.7 Å². The Morgan fingerprint density at radius 3 is 2.66 bits per heavy atom. The molecule has 44 heavy (non-hydrogen) atoms. The van der Waals surface area contributed by atoms with Gasteiger partial charge in [0.1, 0.15) is 17.3 Å². The molecule has 0 bridgehead atoms. The lowest BCUT2D eigenvalue weighted by atomic mass is 9.92. The van der Waals surface area contributed by atoms with Gasteiger partial charge in [0.2, 0.25) is 0 Å². The second-order valence-corrected chi connectivity index (χ2v) is 12.9. The Morgan fingerprint density at radius 1 is 1.20 bits per heavy atom. The van der Waals surface area contributed by atoms with Gasteiger partial charge < -0.3 is 10.6 Å². The van der Waals surface area contributed by atoms with E-state index in [1.165, 1.54) is 4.68 Å². The number of nitriles is 1. The van der Waals surface area contributed by atoms with E-state index in [0.29, 0.717) is 57.9 Å². The van der Waals surface area contributed by atoms with Gasteiger partial charge in [0.15, 0.2) is 0 Å². The number of nitrogens with zero attached hydrogens (tertiary/aromatic N) is 6. The second-order valence-electron chi connectivity index (χ2n) is 12.5. The molecule has 3 aromatic heterocycles. The van der Waals surface area contributed by atoms with Crippen LogP contribution in [-0.2, 0) is 5.54 Å². The van der Waals surface area contributed by atoms with Gasteiger partial charge in [-0.15, -0.1) is 5.10 Å². The van der Waals surface area contributed by atoms with Crippen LogP contribution in [0, 0.1) is 23.7 Å². The number of H-pyrrole nitrogens is 1. The topological polar surface area (TPSA) is 120 Å². The van der Waals surface area contributed by atoms with E-state index in [9.17, 15) is 14.0 Å². The van der Waals surface area contributed by atoms with Crippen molar-refractivity contribution in [3.05, 3.63) is 82.5 Å². The molecule has 0 aliphatic heterocycles. The number of benzene rings is 2. The number of rotatable bonds is 9. The monoisotopic (exact) mass is 615 g/mol. The first-order valence-corrected chi connectivity index (χ1v) is 14.7. The van der Waals surface area contributed by atoms with Gasteiger partial charge in [-0.3, -0.25) is 10.1 Å². The molecule has 1 aliphatic rings. The van der Waals surface area contributed by atoms with Crippen molar-refractivity contribution in [3.63, 3.8) is 0 Å². The summed E-state index contributed by atoms with van der Waals surface area (Å²) in [6.07, 6.45) is 4.84. The molecule has 1 atom stereocenters. The van der Waals surface area contributed by atoms with Crippen LogP contribution in [0.4, 0.5) is 20.2 Å². The minimum atomic E-state index is -2.55. The van der Waals surface area contributed by atoms with Crippen molar-refractivity contribution in [1.82, 2.24) is 30.2 Å². The molecule has 1 saturated carbocycles. The minimum absolute atomic E-state index is 0.0480. The Kier molecular flexibility index (Phi) is 7.49. The summed E-state index contributed by atoms with van der Waals surface area (Å²) in [5.41, 5.74) is 5.03. The molecule has 226 valence electrons. The third-order valence-electron chi connectivity index (χ3n) is 8.08. The summed E-state index contributed by atoms with van der Waals surface area (Å²) in [5, 5.41) is 33.5. The lowest BCUT2D eigenvalue weighted by molar-refractivity contribution is 0.0593. The number of aromatic amines is 1. The summed E-state index contributed by atoms with van der Waals surface area (Å²) in [6, 6.07) is 11.1. The van der Waals surface area contributed by atoms with E-state index in [4.69, 9.17) is 11.6 Å². The van der Waals surface area contributed by atoms with Gasteiger partial charge in [0.05, 0.1) is 40.9 Å². The summed E-state index contributed by atoms with van der Waals surface area (Å²) in [6.45, 7) is 8.93. The van der Waals surface area contributed by atoms with Crippen molar-refractivity contribution >= 4 is 33.9 Å². The maximum Gasteiger partial charge on any atom is 0.263 e. The number of hydrogen-bond acceptors (Lipinski definition) is 7. The fraction of sp³-hybridized carbons (Fsp3) is 0.344. The van der Waals surface area contributed by atoms with E-state index in [0.717, 1.165) is 22.3 Å². The van der Waals surface area contributed by atoms with Crippen molar-refractivity contribution in [2.24, 2.45) is 5.41 Å². The van der Waals surface area contributed by atoms with E-state index < -0.39 is 18.0 Å². The van der Waals surface area contributed by atoms with Crippen LogP contribution in [-0.4, -0.2) is 43.1 Å². The third kappa shape index (κ3) is 5.46. The Labute approximate surface area is 258 Å². The number of halogens is 3. The van der Waals surface area contributed by atoms with Crippen LogP contribution in [0.15, 0.2) is 55.1 Å². The zero-order valence-corrected chi connectivity index (χ0v) is 25.5. The standard InChI is InChI=1S/C32H32ClF2N9/c1-18-22(20-14-39-40-15-20)6-5-7-23(18)29(26-16-44(43-42-26)32(8-9-32)30(34)35)41-25-11-21(33)10-24-27(38-17-31(2,3)4)19(12-36)13-37-28(24)25/h5-7,10-11,13-16,29-30,41H,8-9,17H2,1-4H3,(H,37,38)(H,39,40)/t29-/m0/s1. The number of hydrogen-bond donors (Lipinski definition) is 3. The maximum atomic E-state index is 14.0. The Hall–Kier alpha value is -4.56. The fourth-order valence-electron chi connectivity index (χ4n) is 5.45. The smallest absolute Gasteiger partial charge is 0.263 e. The molecular weight excluding hydrogens is 584 g/mol. The van der Waals surface area contributed by atoms with Gasteiger partial charge in [0, 0.05) is 34.9 Å². The van der Waals surface area contributed by atoms with E-state index in [-0.39, 0.29) is 5.41 Å². The minimum Gasteiger partial charge on any atom is -0.383 e. The average Bonchev–Trinajstić information content (AvgIpc) is 3.35. The highest BCUT2D eigenvalue weighted by Gasteiger charge is 2.54. The van der Waals surface area contributed by atoms with Gasteiger partial charge in [-0.25, -0.2) is 13.5 Å². The SMILES string of the molecule is Cc1c(-c2cn[nH]c2)cccc1[C@H](Nc1cc(Cl)cc2c(NCC(C)(C)C)c(C#N)cnc12)c1cn(C2(C(F)F)CC2)nn1. The summed E-state index contributed by atoms with van der Waals surface area (Å²) in [5.74, 6) is 0. The lowest BCUT2D eigenvalue weighted by Crippen LogP contribution is -2.26. The van der Waals surface area contributed by atoms with Gasteiger partial charge in [-0.1, -0.05) is 55.8 Å². The first-order valence-electron chi connectivity index (χ1n) is 14.3. The first kappa shape index (κ1) is 29.5. The van der Waals surface area contributed by atoms with Crippen molar-refractivity contribution in [2.45, 2.75) is 58.5 Å². The normalized spacial score (nSPS) is 14.9. The van der Waals surface area contributed by atoms with E-state index in [1.807, 2.05) is 31.3 Å². The van der Waals surface area contributed by atoms with Gasteiger partial charge in [-0.05, 0) is 54.0 Å². The molecule has 12 heteroatoms. The van der Waals surface area contributed by atoms with Crippen molar-refractivity contribution < 1.29 is 8.78 Å². The predicted molar refractivity (Wildman–Crippen MR) is 167 cm³/mol. The van der Waals surface area contributed by atoms with Crippen molar-refractivity contribution in [2.75, 3.05) is 17.2 Å². The maximum absolute atomic E-state index is 14.0. The first-order chi connectivity index (χ1) is 21.0. The zero-order chi connectivity index (χ0) is 31.2. The summed E-state index contributed by atoms with van der Waals surface area (Å²) in [4.78, 5) is 4.66. The van der Waals surface area contributed by atoms with Gasteiger partial charge >= 0.3 is 0 Å². The number of anilines is 2. The van der Waals surface area contributed by atoms with Crippen LogP contribution < -0.4 is 10.6 Å². The molecule has 0 radical (unpaired) electrons. The second kappa shape index (κ2) is 11.2. The summed E-state index contributed by atoms with van der Waals surface area (Å²) < 4.78 is 29.3. The highest BCUT2D eigenvalue weighted by molar-refractivity contribution is 6.32. The van der Waals surface area contributed by atoms with Crippen LogP contribution in [0.5, 0.6) is 0 Å². The molecule has 0 amide bonds. The number of nitrogens with one attached hydrogen (secondary N) is 3. The molecule has 9 nitrogen and oxygen atoms in total. The molecule has 1 aliphatic carbocycles. The highest BCUT2D eigenvalue weighted by Crippen LogP contribution is 2.48. The average molecular weight is 616 g/mol. The molecule has 2 aromatic carbocycles. The summed E-state index contributed by atoms with van der Waals surface area (Å²) >= 11 is 6.68. The molecule has 0 saturated heterocycles. The van der Waals surface area contributed by atoms with Crippen LogP contribution in [0.25, 0.3) is 22.0 Å². The molecule has 3 heterocycles. The Bertz CT molecular complexity index is 1870. The van der Waals surface area contributed by atoms with Gasteiger partial charge in [-0.2, -0.15) is 10.4 Å². The van der Waals surface area contributed by atoms with Gasteiger partial charge in [0.25, 0.3) is 6.43 Å². The molecule has 0 unspecified atom stereocenters. The van der Waals surface area contributed by atoms with Crippen LogP contribution in [0.2, 0.25) is 5.02 Å². The Balaban J connectivity index is 1.50. The van der Waals surface area contributed by atoms with E-state index >= 15 is 0 Å². The molecule has 0 spiro atoms. The number of alkyl halides is 2. The predicted octanol–water partition coefficient (Wildman–Crippen LogP) is 7.46.